The molecule has 0 spiro atoms. The quantitative estimate of drug-likeness (QED) is 0.664. The van der Waals surface area contributed by atoms with E-state index in [1.54, 1.807) is 18.3 Å². The second-order valence-electron chi connectivity index (χ2n) is 7.68. The second kappa shape index (κ2) is 7.95. The maximum absolute atomic E-state index is 12.7. The number of nitrogens with zero attached hydrogens (tertiary/aromatic N) is 2. The van der Waals surface area contributed by atoms with Gasteiger partial charge in [-0.1, -0.05) is 60.1 Å². The summed E-state index contributed by atoms with van der Waals surface area (Å²) < 4.78 is 0. The largest absolute Gasteiger partial charge is 0.388 e. The minimum atomic E-state index is -0.588. The van der Waals surface area contributed by atoms with Crippen molar-refractivity contribution in [3.8, 4) is 11.1 Å². The van der Waals surface area contributed by atoms with Gasteiger partial charge in [0, 0.05) is 31.4 Å². The number of carbonyl (C=O) groups excluding carboxylic acids is 1. The number of likely N-dealkylation sites (tertiary alicyclic amines) is 1. The van der Waals surface area contributed by atoms with Gasteiger partial charge in [0.1, 0.15) is 5.82 Å². The van der Waals surface area contributed by atoms with Crippen molar-refractivity contribution in [1.82, 2.24) is 9.88 Å². The van der Waals surface area contributed by atoms with E-state index in [4.69, 9.17) is 11.6 Å². The highest BCUT2D eigenvalue weighted by Gasteiger charge is 2.36. The zero-order valence-corrected chi connectivity index (χ0v) is 16.9. The van der Waals surface area contributed by atoms with Crippen LogP contribution in [0.2, 0.25) is 5.02 Å². The van der Waals surface area contributed by atoms with Crippen LogP contribution in [0.15, 0.2) is 66.9 Å². The number of β-amino-alcohol motifs (C(OH)–C–C–N with tert-alkyl or cyclic N) is 1. The van der Waals surface area contributed by atoms with E-state index in [-0.39, 0.29) is 5.91 Å². The van der Waals surface area contributed by atoms with Crippen LogP contribution in [-0.4, -0.2) is 39.6 Å². The van der Waals surface area contributed by atoms with Gasteiger partial charge in [-0.3, -0.25) is 9.69 Å². The molecule has 3 aromatic rings. The lowest BCUT2D eigenvalue weighted by atomic mass is 9.96. The third kappa shape index (κ3) is 4.48. The summed E-state index contributed by atoms with van der Waals surface area (Å²) in [5.41, 5.74) is 2.62. The van der Waals surface area contributed by atoms with Crippen LogP contribution in [0.25, 0.3) is 11.1 Å². The molecule has 2 heterocycles. The summed E-state index contributed by atoms with van der Waals surface area (Å²) in [6.45, 7) is 3.87. The third-order valence-electron chi connectivity index (χ3n) is 4.93. The van der Waals surface area contributed by atoms with Crippen molar-refractivity contribution < 1.29 is 9.90 Å². The Kier molecular flexibility index (Phi) is 5.37. The summed E-state index contributed by atoms with van der Waals surface area (Å²) in [4.78, 5) is 19.2. The van der Waals surface area contributed by atoms with Gasteiger partial charge in [-0.2, -0.15) is 0 Å². The summed E-state index contributed by atoms with van der Waals surface area (Å²) in [6.07, 6.45) is 1.74. The van der Waals surface area contributed by atoms with Gasteiger partial charge in [0.25, 0.3) is 5.91 Å². The molecule has 0 aliphatic carbocycles. The Morgan fingerprint density at radius 1 is 1.14 bits per heavy atom. The number of hydrogen-bond acceptors (Lipinski definition) is 4. The van der Waals surface area contributed by atoms with E-state index in [0.29, 0.717) is 29.5 Å². The molecule has 4 rings (SSSR count). The van der Waals surface area contributed by atoms with E-state index >= 15 is 0 Å². The smallest absolute Gasteiger partial charge is 0.258 e. The second-order valence-corrected chi connectivity index (χ2v) is 8.06. The number of halogens is 1. The van der Waals surface area contributed by atoms with E-state index in [9.17, 15) is 9.90 Å². The average molecular weight is 408 g/mol. The van der Waals surface area contributed by atoms with Crippen molar-refractivity contribution in [1.29, 1.82) is 0 Å². The standard InChI is InChI=1S/C23H22ClN3O2/c1-23(29)14-27(15-23)13-16-10-11-20(25-12-16)26-22(28)19-9-5-8-18(21(19)24)17-6-3-2-4-7-17/h2-12,29H,13-15H2,1H3,(H,25,26,28). The molecule has 1 amide bonds. The Bertz CT molecular complexity index is 1010. The highest BCUT2D eigenvalue weighted by atomic mass is 35.5. The third-order valence-corrected chi connectivity index (χ3v) is 5.34. The number of pyridine rings is 1. The predicted octanol–water partition coefficient (Wildman–Crippen LogP) is 4.22. The lowest BCUT2D eigenvalue weighted by Crippen LogP contribution is -2.59. The SMILES string of the molecule is CC1(O)CN(Cc2ccc(NC(=O)c3cccc(-c4ccccc4)c3Cl)nc2)C1. The fraction of sp³-hybridized carbons (Fsp3) is 0.217. The van der Waals surface area contributed by atoms with Gasteiger partial charge in [0.15, 0.2) is 0 Å². The van der Waals surface area contributed by atoms with E-state index < -0.39 is 5.60 Å². The number of carbonyl (C=O) groups is 1. The van der Waals surface area contributed by atoms with Crippen LogP contribution < -0.4 is 5.32 Å². The van der Waals surface area contributed by atoms with Gasteiger partial charge >= 0.3 is 0 Å². The molecule has 148 valence electrons. The van der Waals surface area contributed by atoms with Gasteiger partial charge in [-0.25, -0.2) is 4.98 Å². The van der Waals surface area contributed by atoms with E-state index in [1.165, 1.54) is 0 Å². The summed E-state index contributed by atoms with van der Waals surface area (Å²) in [6, 6.07) is 18.9. The Morgan fingerprint density at radius 2 is 1.90 bits per heavy atom. The van der Waals surface area contributed by atoms with Gasteiger partial charge < -0.3 is 10.4 Å². The summed E-state index contributed by atoms with van der Waals surface area (Å²) in [7, 11) is 0. The predicted molar refractivity (Wildman–Crippen MR) is 115 cm³/mol. The molecule has 0 unspecified atom stereocenters. The maximum Gasteiger partial charge on any atom is 0.258 e. The molecule has 2 N–H and O–H groups in total. The minimum Gasteiger partial charge on any atom is -0.388 e. The first kappa shape index (κ1) is 19.6. The number of aliphatic hydroxyl groups is 1. The van der Waals surface area contributed by atoms with Gasteiger partial charge in [0.05, 0.1) is 16.2 Å². The molecule has 0 radical (unpaired) electrons. The zero-order valence-electron chi connectivity index (χ0n) is 16.1. The van der Waals surface area contributed by atoms with E-state index in [1.807, 2.05) is 55.5 Å². The summed E-state index contributed by atoms with van der Waals surface area (Å²) in [5, 5.41) is 13.0. The van der Waals surface area contributed by atoms with Crippen molar-refractivity contribution >= 4 is 23.3 Å². The van der Waals surface area contributed by atoms with Gasteiger partial charge in [-0.05, 0) is 30.2 Å². The summed E-state index contributed by atoms with van der Waals surface area (Å²) in [5.74, 6) is 0.169. The molecule has 29 heavy (non-hydrogen) atoms. The fourth-order valence-electron chi connectivity index (χ4n) is 3.61. The molecule has 1 aliphatic rings. The number of rotatable bonds is 5. The van der Waals surface area contributed by atoms with E-state index in [0.717, 1.165) is 23.2 Å². The van der Waals surface area contributed by atoms with Crippen molar-refractivity contribution in [2.45, 2.75) is 19.1 Å². The molecule has 1 saturated heterocycles. The number of amides is 1. The van der Waals surface area contributed by atoms with Crippen molar-refractivity contribution in [3.63, 3.8) is 0 Å². The van der Waals surface area contributed by atoms with Crippen molar-refractivity contribution in [2.75, 3.05) is 18.4 Å². The van der Waals surface area contributed by atoms with Crippen LogP contribution in [-0.2, 0) is 6.54 Å². The molecule has 0 atom stereocenters. The Labute approximate surface area is 175 Å². The molecule has 0 bridgehead atoms. The highest BCUT2D eigenvalue weighted by molar-refractivity contribution is 6.37. The Morgan fingerprint density at radius 3 is 2.55 bits per heavy atom. The molecule has 2 aromatic carbocycles. The number of nitrogens with one attached hydrogen (secondary N) is 1. The monoisotopic (exact) mass is 407 g/mol. The summed E-state index contributed by atoms with van der Waals surface area (Å²) >= 11 is 6.53. The molecule has 0 saturated carbocycles. The number of benzene rings is 2. The lowest BCUT2D eigenvalue weighted by Gasteiger charge is -2.44. The first-order valence-electron chi connectivity index (χ1n) is 9.46. The van der Waals surface area contributed by atoms with Gasteiger partial charge in [0.2, 0.25) is 0 Å². The number of anilines is 1. The average Bonchev–Trinajstić information content (AvgIpc) is 2.69. The molecular formula is C23H22ClN3O2. The van der Waals surface area contributed by atoms with Crippen LogP contribution in [0.3, 0.4) is 0 Å². The molecular weight excluding hydrogens is 386 g/mol. The topological polar surface area (TPSA) is 65.5 Å². The molecule has 6 heteroatoms. The first-order chi connectivity index (χ1) is 13.9. The van der Waals surface area contributed by atoms with Crippen molar-refractivity contribution in [3.05, 3.63) is 83.0 Å². The van der Waals surface area contributed by atoms with Crippen LogP contribution in [0, 0.1) is 0 Å². The van der Waals surface area contributed by atoms with E-state index in [2.05, 4.69) is 15.2 Å². The Hall–Kier alpha value is -2.73. The minimum absolute atomic E-state index is 0.299. The van der Waals surface area contributed by atoms with Crippen molar-refractivity contribution in [2.24, 2.45) is 0 Å². The van der Waals surface area contributed by atoms with Crippen LogP contribution >= 0.6 is 11.6 Å². The molecule has 5 nitrogen and oxygen atoms in total. The Balaban J connectivity index is 1.44. The first-order valence-corrected chi connectivity index (χ1v) is 9.84. The molecule has 1 fully saturated rings. The van der Waals surface area contributed by atoms with Crippen LogP contribution in [0.1, 0.15) is 22.8 Å². The van der Waals surface area contributed by atoms with Gasteiger partial charge in [-0.15, -0.1) is 0 Å². The fourth-order valence-corrected chi connectivity index (χ4v) is 3.93. The van der Waals surface area contributed by atoms with Crippen LogP contribution in [0.4, 0.5) is 5.82 Å². The molecule has 1 aliphatic heterocycles. The normalized spacial score (nSPS) is 15.6. The highest BCUT2D eigenvalue weighted by Crippen LogP contribution is 2.31. The number of hydrogen-bond donors (Lipinski definition) is 2. The lowest BCUT2D eigenvalue weighted by molar-refractivity contribution is -0.0871. The molecule has 1 aromatic heterocycles. The number of aromatic nitrogens is 1. The zero-order chi connectivity index (χ0) is 20.4. The maximum atomic E-state index is 12.7. The van der Waals surface area contributed by atoms with Crippen LogP contribution in [0.5, 0.6) is 0 Å².